The monoisotopic (exact) mass is 433 g/mol. The van der Waals surface area contributed by atoms with Crippen LogP contribution in [-0.2, 0) is 4.79 Å². The van der Waals surface area contributed by atoms with Gasteiger partial charge in [-0.3, -0.25) is 4.79 Å². The Labute approximate surface area is 191 Å². The molecule has 1 aromatic rings. The number of allylic oxidation sites excluding steroid dienone is 4. The molecule has 1 N–H and O–H groups in total. The van der Waals surface area contributed by atoms with Crippen molar-refractivity contribution in [1.29, 1.82) is 0 Å². The predicted molar refractivity (Wildman–Crippen MR) is 131 cm³/mol. The molecule has 0 aliphatic carbocycles. The average molecular weight is 434 g/mol. The maximum atomic E-state index is 14.6. The maximum Gasteiger partial charge on any atom is 0.210 e. The highest BCUT2D eigenvalue weighted by Gasteiger charge is 2.26. The fourth-order valence-corrected chi connectivity index (χ4v) is 3.60. The van der Waals surface area contributed by atoms with E-state index in [2.05, 4.69) is 29.3 Å². The minimum Gasteiger partial charge on any atom is -0.368 e. The zero-order chi connectivity index (χ0) is 23.5. The van der Waals surface area contributed by atoms with Gasteiger partial charge in [-0.1, -0.05) is 62.4 Å². The van der Waals surface area contributed by atoms with Gasteiger partial charge in [0.1, 0.15) is 5.83 Å². The van der Waals surface area contributed by atoms with Crippen LogP contribution in [0.15, 0.2) is 84.6 Å². The number of piperazine rings is 1. The zero-order valence-electron chi connectivity index (χ0n) is 19.0. The van der Waals surface area contributed by atoms with Crippen LogP contribution in [0.4, 0.5) is 4.39 Å². The largest absolute Gasteiger partial charge is 0.368 e. The van der Waals surface area contributed by atoms with Gasteiger partial charge in [-0.2, -0.15) is 0 Å². The molecule has 4 nitrogen and oxygen atoms in total. The van der Waals surface area contributed by atoms with Crippen molar-refractivity contribution in [2.24, 2.45) is 0 Å². The number of benzene rings is 1. The lowest BCUT2D eigenvalue weighted by Gasteiger charge is -2.38. The Hall–Kier alpha value is -3.52. The Kier molecular flexibility index (Phi) is 9.56. The van der Waals surface area contributed by atoms with Crippen LogP contribution < -0.4 is 5.32 Å². The third-order valence-corrected chi connectivity index (χ3v) is 5.41. The summed E-state index contributed by atoms with van der Waals surface area (Å²) >= 11 is 0. The van der Waals surface area contributed by atoms with Crippen LogP contribution in [0.5, 0.6) is 0 Å². The molecule has 2 rings (SSSR count). The summed E-state index contributed by atoms with van der Waals surface area (Å²) in [6, 6.07) is 10.0. The quantitative estimate of drug-likeness (QED) is 0.319. The molecular formula is C27H32FN3O. The van der Waals surface area contributed by atoms with Crippen molar-refractivity contribution in [3.05, 3.63) is 90.2 Å². The van der Waals surface area contributed by atoms with Crippen molar-refractivity contribution in [2.45, 2.75) is 26.7 Å². The second kappa shape index (κ2) is 12.4. The van der Waals surface area contributed by atoms with Crippen molar-refractivity contribution in [3.8, 4) is 12.3 Å². The van der Waals surface area contributed by atoms with Crippen LogP contribution in [0.1, 0.15) is 32.3 Å². The molecule has 1 fully saturated rings. The van der Waals surface area contributed by atoms with E-state index in [4.69, 9.17) is 6.42 Å². The number of halogens is 1. The highest BCUT2D eigenvalue weighted by Crippen LogP contribution is 2.26. The fraction of sp³-hybridized carbons (Fsp3) is 0.296. The number of ketones is 1. The Morgan fingerprint density at radius 3 is 2.38 bits per heavy atom. The van der Waals surface area contributed by atoms with Crippen LogP contribution >= 0.6 is 0 Å². The lowest BCUT2D eigenvalue weighted by Crippen LogP contribution is -2.45. The van der Waals surface area contributed by atoms with Crippen LogP contribution in [0.3, 0.4) is 0 Å². The second-order valence-electron chi connectivity index (χ2n) is 7.41. The van der Waals surface area contributed by atoms with Gasteiger partial charge in [0.05, 0.1) is 12.1 Å². The predicted octanol–water partition coefficient (Wildman–Crippen LogP) is 5.02. The Morgan fingerprint density at radius 2 is 1.81 bits per heavy atom. The molecule has 0 bridgehead atoms. The summed E-state index contributed by atoms with van der Waals surface area (Å²) in [5, 5.41) is 2.93. The van der Waals surface area contributed by atoms with Crippen LogP contribution in [0.2, 0.25) is 0 Å². The molecule has 32 heavy (non-hydrogen) atoms. The van der Waals surface area contributed by atoms with E-state index in [1.807, 2.05) is 42.2 Å². The van der Waals surface area contributed by atoms with Gasteiger partial charge in [0.25, 0.3) is 0 Å². The molecule has 0 atom stereocenters. The van der Waals surface area contributed by atoms with E-state index in [-0.39, 0.29) is 17.8 Å². The summed E-state index contributed by atoms with van der Waals surface area (Å²) in [6.07, 6.45) is 10.5. The highest BCUT2D eigenvalue weighted by molar-refractivity contribution is 6.10. The Morgan fingerprint density at radius 1 is 1.19 bits per heavy atom. The van der Waals surface area contributed by atoms with E-state index < -0.39 is 5.83 Å². The molecule has 1 aromatic carbocycles. The van der Waals surface area contributed by atoms with E-state index in [0.29, 0.717) is 30.8 Å². The lowest BCUT2D eigenvalue weighted by atomic mass is 9.96. The van der Waals surface area contributed by atoms with Crippen molar-refractivity contribution < 1.29 is 9.18 Å². The van der Waals surface area contributed by atoms with Gasteiger partial charge >= 0.3 is 0 Å². The van der Waals surface area contributed by atoms with Crippen LogP contribution in [-0.4, -0.2) is 41.8 Å². The van der Waals surface area contributed by atoms with Gasteiger partial charge < -0.3 is 15.1 Å². The summed E-state index contributed by atoms with van der Waals surface area (Å²) in [7, 11) is 0. The van der Waals surface area contributed by atoms with Crippen molar-refractivity contribution in [1.82, 2.24) is 15.1 Å². The van der Waals surface area contributed by atoms with Crippen molar-refractivity contribution in [2.75, 3.05) is 26.2 Å². The number of Topliss-reactive ketones (excluding diaryl/α,β-unsaturated/α-hetero) is 1. The summed E-state index contributed by atoms with van der Waals surface area (Å²) in [5.41, 5.74) is 2.95. The molecular weight excluding hydrogens is 401 g/mol. The second-order valence-corrected chi connectivity index (χ2v) is 7.41. The molecule has 0 saturated carbocycles. The normalized spacial score (nSPS) is 15.2. The van der Waals surface area contributed by atoms with Crippen LogP contribution in [0, 0.1) is 12.3 Å². The van der Waals surface area contributed by atoms with Gasteiger partial charge in [-0.15, -0.1) is 6.42 Å². The summed E-state index contributed by atoms with van der Waals surface area (Å²) in [5.74, 6) is 1.54. The number of hydrogen-bond donors (Lipinski definition) is 1. The minimum atomic E-state index is -0.464. The summed E-state index contributed by atoms with van der Waals surface area (Å²) in [4.78, 5) is 17.5. The van der Waals surface area contributed by atoms with Gasteiger partial charge in [-0.25, -0.2) is 4.39 Å². The molecule has 0 aromatic heterocycles. The summed E-state index contributed by atoms with van der Waals surface area (Å²) in [6.45, 7) is 14.6. The zero-order valence-corrected chi connectivity index (χ0v) is 19.0. The maximum absolute atomic E-state index is 14.6. The molecule has 1 heterocycles. The molecule has 5 heteroatoms. The molecule has 1 aliphatic rings. The van der Waals surface area contributed by atoms with Gasteiger partial charge in [-0.05, 0) is 30.7 Å². The number of hydrogen-bond acceptors (Lipinski definition) is 4. The SMILES string of the molecule is C#CC/C(F)=C(CC)/C(=C\N/C=C/C)C(=O)C(=C)N1CCN(C(=C)c2ccccc2)CC1. The molecule has 0 amide bonds. The fourth-order valence-electron chi connectivity index (χ4n) is 3.60. The van der Waals surface area contributed by atoms with Crippen molar-refractivity contribution >= 4 is 11.5 Å². The number of nitrogens with zero attached hydrogens (tertiary/aromatic N) is 2. The third-order valence-electron chi connectivity index (χ3n) is 5.41. The van der Waals surface area contributed by atoms with E-state index in [0.717, 1.165) is 24.4 Å². The molecule has 0 radical (unpaired) electrons. The average Bonchev–Trinajstić information content (AvgIpc) is 2.83. The number of nitrogens with one attached hydrogen (secondary N) is 1. The summed E-state index contributed by atoms with van der Waals surface area (Å²) < 4.78 is 14.6. The van der Waals surface area contributed by atoms with E-state index in [9.17, 15) is 9.18 Å². The Bertz CT molecular complexity index is 958. The van der Waals surface area contributed by atoms with E-state index in [1.165, 1.54) is 6.20 Å². The van der Waals surface area contributed by atoms with E-state index >= 15 is 0 Å². The molecule has 1 saturated heterocycles. The standard InChI is InChI=1S/C27H32FN3O/c1-6-12-26(28)24(8-3)25(20-29-15-7-2)27(32)22(5)31-18-16-30(17-19-31)21(4)23-13-10-9-11-14-23/h1,7,9-11,13-15,20,29H,4-5,8,12,16-19H2,2-3H3/b15-7+,25-20+,26-24-. The molecule has 168 valence electrons. The first-order chi connectivity index (χ1) is 15.4. The molecule has 0 unspecified atom stereocenters. The van der Waals surface area contributed by atoms with Gasteiger partial charge in [0.2, 0.25) is 5.78 Å². The van der Waals surface area contributed by atoms with E-state index in [1.54, 1.807) is 19.2 Å². The van der Waals surface area contributed by atoms with Crippen molar-refractivity contribution in [3.63, 3.8) is 0 Å². The number of rotatable bonds is 10. The third kappa shape index (κ3) is 6.24. The minimum absolute atomic E-state index is 0.149. The van der Waals surface area contributed by atoms with Gasteiger partial charge in [0.15, 0.2) is 0 Å². The first kappa shape index (κ1) is 24.7. The first-order valence-electron chi connectivity index (χ1n) is 10.8. The number of carbonyl (C=O) groups excluding carboxylic acids is 1. The number of terminal acetylenes is 1. The first-order valence-corrected chi connectivity index (χ1v) is 10.8. The number of carbonyl (C=O) groups is 1. The molecule has 0 spiro atoms. The molecule has 1 aliphatic heterocycles. The lowest BCUT2D eigenvalue weighted by molar-refractivity contribution is -0.113. The smallest absolute Gasteiger partial charge is 0.210 e. The topological polar surface area (TPSA) is 35.6 Å². The van der Waals surface area contributed by atoms with Crippen LogP contribution in [0.25, 0.3) is 5.70 Å². The van der Waals surface area contributed by atoms with Gasteiger partial charge in [0, 0.05) is 43.6 Å². The highest BCUT2D eigenvalue weighted by atomic mass is 19.1. The Balaban J connectivity index is 2.15.